The van der Waals surface area contributed by atoms with E-state index < -0.39 is 15.8 Å². The van der Waals surface area contributed by atoms with E-state index in [1.165, 1.54) is 10.4 Å². The van der Waals surface area contributed by atoms with Crippen LogP contribution in [-0.4, -0.2) is 33.8 Å². The minimum Gasteiger partial charge on any atom is -0.248 e. The molecule has 6 nitrogen and oxygen atoms in total. The highest BCUT2D eigenvalue weighted by Gasteiger charge is 2.30. The largest absolute Gasteiger partial charge is 0.248 e. The van der Waals surface area contributed by atoms with Crippen molar-refractivity contribution in [2.45, 2.75) is 37.9 Å². The first-order valence-corrected chi connectivity index (χ1v) is 10.9. The maximum atomic E-state index is 13.4. The average molecular weight is 467 g/mol. The molecular weight excluding hydrogens is 447 g/mol. The van der Waals surface area contributed by atoms with Gasteiger partial charge in [-0.05, 0) is 53.5 Å². The normalized spacial score (nSPS) is 12.1. The van der Waals surface area contributed by atoms with E-state index >= 15 is 0 Å². The van der Waals surface area contributed by atoms with Crippen molar-refractivity contribution in [2.75, 3.05) is 0 Å². The molecule has 3 aromatic rings. The van der Waals surface area contributed by atoms with E-state index in [1.54, 1.807) is 24.7 Å². The van der Waals surface area contributed by atoms with Gasteiger partial charge in [0.05, 0.1) is 29.9 Å². The van der Waals surface area contributed by atoms with Crippen LogP contribution < -0.4 is 0 Å². The monoisotopic (exact) mass is 466 g/mol. The van der Waals surface area contributed by atoms with Crippen molar-refractivity contribution >= 4 is 26.0 Å². The van der Waals surface area contributed by atoms with Crippen molar-refractivity contribution < 1.29 is 12.8 Å². The zero-order valence-corrected chi connectivity index (χ0v) is 17.9. The van der Waals surface area contributed by atoms with Crippen LogP contribution >= 0.6 is 15.9 Å². The van der Waals surface area contributed by atoms with Gasteiger partial charge in [-0.25, -0.2) is 17.5 Å². The Kier molecular flexibility index (Phi) is 6.26. The second-order valence-electron chi connectivity index (χ2n) is 6.61. The second-order valence-corrected chi connectivity index (χ2v) is 9.33. The molecule has 2 aromatic carbocycles. The van der Waals surface area contributed by atoms with Crippen molar-refractivity contribution in [3.63, 3.8) is 0 Å². The molecule has 0 aliphatic heterocycles. The zero-order valence-electron chi connectivity index (χ0n) is 15.5. The molecule has 0 bridgehead atoms. The fourth-order valence-electron chi connectivity index (χ4n) is 2.77. The number of hydrogen-bond acceptors (Lipinski definition) is 4. The Bertz CT molecular complexity index is 1050. The predicted molar refractivity (Wildman–Crippen MR) is 108 cm³/mol. The van der Waals surface area contributed by atoms with Gasteiger partial charge in [-0.15, -0.1) is 5.10 Å². The Morgan fingerprint density at radius 2 is 1.89 bits per heavy atom. The number of sulfonamides is 1. The van der Waals surface area contributed by atoms with E-state index in [4.69, 9.17) is 0 Å². The van der Waals surface area contributed by atoms with Crippen molar-refractivity contribution in [1.82, 2.24) is 19.3 Å². The molecule has 1 heterocycles. The first-order valence-electron chi connectivity index (χ1n) is 8.67. The summed E-state index contributed by atoms with van der Waals surface area (Å²) in [7, 11) is -3.85. The maximum absolute atomic E-state index is 13.4. The maximum Gasteiger partial charge on any atom is 0.244 e. The predicted octanol–water partition coefficient (Wildman–Crippen LogP) is 3.83. The van der Waals surface area contributed by atoms with Gasteiger partial charge in [-0.3, -0.25) is 0 Å². The highest BCUT2D eigenvalue weighted by atomic mass is 79.9. The number of aromatic nitrogens is 3. The van der Waals surface area contributed by atoms with Crippen LogP contribution in [0.5, 0.6) is 0 Å². The third-order valence-electron chi connectivity index (χ3n) is 4.15. The molecule has 0 fully saturated rings. The molecular formula is C19H20BrFN4O2S. The molecule has 0 N–H and O–H groups in total. The van der Waals surface area contributed by atoms with E-state index in [9.17, 15) is 12.8 Å². The molecule has 0 aliphatic rings. The molecule has 0 saturated carbocycles. The number of hydrogen-bond donors (Lipinski definition) is 0. The van der Waals surface area contributed by atoms with Crippen molar-refractivity contribution in [2.24, 2.45) is 0 Å². The SMILES string of the molecule is CC(C)N(Cc1cn(Cc2ccccc2)nn1)S(=O)(=O)c1ccc(F)cc1Br. The van der Waals surface area contributed by atoms with Crippen LogP contribution in [0.1, 0.15) is 25.1 Å². The standard InChI is InChI=1S/C19H20BrFN4O2S/c1-14(2)25(28(26,27)19-9-8-16(21)10-18(19)20)13-17-12-24(23-22-17)11-15-6-4-3-5-7-15/h3-10,12,14H,11,13H2,1-2H3. The molecule has 0 unspecified atom stereocenters. The van der Waals surface area contributed by atoms with E-state index in [0.717, 1.165) is 17.7 Å². The lowest BCUT2D eigenvalue weighted by molar-refractivity contribution is 0.344. The van der Waals surface area contributed by atoms with Crippen LogP contribution in [0.25, 0.3) is 0 Å². The highest BCUT2D eigenvalue weighted by Crippen LogP contribution is 2.28. The molecule has 0 amide bonds. The quantitative estimate of drug-likeness (QED) is 0.530. The third kappa shape index (κ3) is 4.65. The Morgan fingerprint density at radius 1 is 1.18 bits per heavy atom. The van der Waals surface area contributed by atoms with E-state index in [0.29, 0.717) is 12.2 Å². The molecule has 3 rings (SSSR count). The summed E-state index contributed by atoms with van der Waals surface area (Å²) in [6.45, 7) is 4.18. The van der Waals surface area contributed by atoms with Crippen LogP contribution in [0.2, 0.25) is 0 Å². The molecule has 148 valence electrons. The summed E-state index contributed by atoms with van der Waals surface area (Å²) in [5.41, 5.74) is 1.61. The van der Waals surface area contributed by atoms with Gasteiger partial charge in [0.2, 0.25) is 10.0 Å². The molecule has 0 atom stereocenters. The molecule has 28 heavy (non-hydrogen) atoms. The molecule has 1 aromatic heterocycles. The highest BCUT2D eigenvalue weighted by molar-refractivity contribution is 9.10. The first kappa shape index (κ1) is 20.6. The van der Waals surface area contributed by atoms with E-state index in [-0.39, 0.29) is 22.0 Å². The fourth-order valence-corrected chi connectivity index (χ4v) is 5.39. The van der Waals surface area contributed by atoms with Gasteiger partial charge in [0.15, 0.2) is 0 Å². The van der Waals surface area contributed by atoms with E-state index in [2.05, 4.69) is 26.2 Å². The molecule has 0 spiro atoms. The summed E-state index contributed by atoms with van der Waals surface area (Å²) < 4.78 is 42.8. The van der Waals surface area contributed by atoms with Gasteiger partial charge >= 0.3 is 0 Å². The molecule has 0 radical (unpaired) electrons. The third-order valence-corrected chi connectivity index (χ3v) is 7.15. The van der Waals surface area contributed by atoms with E-state index in [1.807, 2.05) is 30.3 Å². The molecule has 9 heteroatoms. The summed E-state index contributed by atoms with van der Waals surface area (Å²) in [5, 5.41) is 8.21. The van der Waals surface area contributed by atoms with Gasteiger partial charge in [0, 0.05) is 10.5 Å². The summed E-state index contributed by atoms with van der Waals surface area (Å²) in [4.78, 5) is 0.0132. The minimum atomic E-state index is -3.85. The average Bonchev–Trinajstić information content (AvgIpc) is 3.07. The molecule has 0 aliphatic carbocycles. The van der Waals surface area contributed by atoms with Crippen LogP contribution in [0.4, 0.5) is 4.39 Å². The first-order chi connectivity index (χ1) is 13.3. The Hall–Kier alpha value is -2.10. The topological polar surface area (TPSA) is 68.1 Å². The van der Waals surface area contributed by atoms with Crippen molar-refractivity contribution in [3.05, 3.63) is 76.3 Å². The Balaban J connectivity index is 1.84. The lowest BCUT2D eigenvalue weighted by Gasteiger charge is -2.25. The second kappa shape index (κ2) is 8.50. The van der Waals surface area contributed by atoms with Crippen molar-refractivity contribution in [1.29, 1.82) is 0 Å². The summed E-state index contributed by atoms with van der Waals surface area (Å²) in [5.74, 6) is -0.509. The van der Waals surface area contributed by atoms with Crippen molar-refractivity contribution in [3.8, 4) is 0 Å². The lowest BCUT2D eigenvalue weighted by atomic mass is 10.2. The summed E-state index contributed by atoms with van der Waals surface area (Å²) in [6.07, 6.45) is 1.73. The summed E-state index contributed by atoms with van der Waals surface area (Å²) >= 11 is 3.15. The lowest BCUT2D eigenvalue weighted by Crippen LogP contribution is -2.36. The van der Waals surface area contributed by atoms with Gasteiger partial charge in [0.25, 0.3) is 0 Å². The zero-order chi connectivity index (χ0) is 20.3. The number of benzene rings is 2. The number of halogens is 2. The number of rotatable bonds is 7. The minimum absolute atomic E-state index is 0.0132. The van der Waals surface area contributed by atoms with Crippen LogP contribution in [0.3, 0.4) is 0 Å². The Morgan fingerprint density at radius 3 is 2.54 bits per heavy atom. The molecule has 0 saturated heterocycles. The van der Waals surface area contributed by atoms with Gasteiger partial charge in [0.1, 0.15) is 5.82 Å². The van der Waals surface area contributed by atoms with Crippen LogP contribution in [0.15, 0.2) is 64.1 Å². The van der Waals surface area contributed by atoms with Crippen LogP contribution in [0, 0.1) is 5.82 Å². The smallest absolute Gasteiger partial charge is 0.244 e. The van der Waals surface area contributed by atoms with Gasteiger partial charge in [-0.2, -0.15) is 4.31 Å². The van der Waals surface area contributed by atoms with Crippen LogP contribution in [-0.2, 0) is 23.1 Å². The number of nitrogens with zero attached hydrogens (tertiary/aromatic N) is 4. The Labute approximate surface area is 172 Å². The van der Waals surface area contributed by atoms with Gasteiger partial charge in [-0.1, -0.05) is 35.5 Å². The van der Waals surface area contributed by atoms with Gasteiger partial charge < -0.3 is 0 Å². The summed E-state index contributed by atoms with van der Waals surface area (Å²) in [6, 6.07) is 13.0. The fraction of sp³-hybridized carbons (Fsp3) is 0.263.